The zero-order chi connectivity index (χ0) is 16.2. The molecule has 2 N–H and O–H groups in total. The van der Waals surface area contributed by atoms with Crippen LogP contribution in [-0.2, 0) is 10.0 Å². The number of thioether (sulfide) groups is 1. The van der Waals surface area contributed by atoms with Gasteiger partial charge >= 0.3 is 6.03 Å². The number of carbonyl (C=O) groups excluding carboxylic acids is 1. The Bertz CT molecular complexity index is 634. The molecule has 0 aromatic heterocycles. The fourth-order valence-electron chi connectivity index (χ4n) is 2.41. The highest BCUT2D eigenvalue weighted by Gasteiger charge is 2.26. The smallest absolute Gasteiger partial charge is 0.319 e. The maximum absolute atomic E-state index is 12.0. The van der Waals surface area contributed by atoms with Crippen molar-refractivity contribution in [3.8, 4) is 0 Å². The second-order valence-electron chi connectivity index (χ2n) is 5.29. The van der Waals surface area contributed by atoms with E-state index in [1.807, 2.05) is 30.5 Å². The van der Waals surface area contributed by atoms with E-state index in [9.17, 15) is 13.2 Å². The van der Waals surface area contributed by atoms with Crippen LogP contribution in [0.5, 0.6) is 0 Å². The van der Waals surface area contributed by atoms with Gasteiger partial charge in [-0.1, -0.05) is 6.07 Å². The van der Waals surface area contributed by atoms with E-state index in [-0.39, 0.29) is 12.1 Å². The highest BCUT2D eigenvalue weighted by Crippen LogP contribution is 2.19. The van der Waals surface area contributed by atoms with Crippen molar-refractivity contribution in [3.63, 3.8) is 0 Å². The number of benzene rings is 1. The average Bonchev–Trinajstić information content (AvgIpc) is 2.46. The third kappa shape index (κ3) is 4.89. The predicted molar refractivity (Wildman–Crippen MR) is 89.8 cm³/mol. The fraction of sp³-hybridized carbons (Fsp3) is 0.500. The third-order valence-corrected chi connectivity index (χ3v) is 5.51. The summed E-state index contributed by atoms with van der Waals surface area (Å²) in [5.74, 6) is 0. The number of anilines is 1. The molecule has 0 radical (unpaired) electrons. The molecule has 1 heterocycles. The van der Waals surface area contributed by atoms with E-state index in [1.54, 1.807) is 11.8 Å². The predicted octanol–water partition coefficient (Wildman–Crippen LogP) is 1.95. The summed E-state index contributed by atoms with van der Waals surface area (Å²) in [6, 6.07) is 7.11. The van der Waals surface area contributed by atoms with E-state index >= 15 is 0 Å². The van der Waals surface area contributed by atoms with Gasteiger partial charge in [-0.05, 0) is 37.3 Å². The van der Waals surface area contributed by atoms with E-state index in [1.165, 1.54) is 10.6 Å². The van der Waals surface area contributed by atoms with Crippen molar-refractivity contribution in [1.82, 2.24) is 9.62 Å². The number of amides is 2. The average molecular weight is 343 g/mol. The Morgan fingerprint density at radius 3 is 2.86 bits per heavy atom. The van der Waals surface area contributed by atoms with Gasteiger partial charge in [-0.3, -0.25) is 0 Å². The maximum Gasteiger partial charge on any atom is 0.319 e. The van der Waals surface area contributed by atoms with Crippen LogP contribution in [0.1, 0.15) is 12.8 Å². The van der Waals surface area contributed by atoms with Crippen LogP contribution in [-0.4, -0.2) is 50.4 Å². The number of hydrogen-bond donors (Lipinski definition) is 2. The maximum atomic E-state index is 12.0. The standard InChI is InChI=1S/C14H21N3O3S2/c1-21-13-7-3-5-11(9-13)15-14(18)16-12-6-4-8-17(10-12)22(2,19)20/h3,5,7,9,12H,4,6,8,10H2,1-2H3,(H2,15,16,18). The lowest BCUT2D eigenvalue weighted by molar-refractivity contribution is 0.236. The number of nitrogens with zero attached hydrogens (tertiary/aromatic N) is 1. The molecule has 6 nitrogen and oxygen atoms in total. The minimum atomic E-state index is -3.20. The van der Waals surface area contributed by atoms with E-state index in [2.05, 4.69) is 10.6 Å². The molecule has 0 saturated carbocycles. The van der Waals surface area contributed by atoms with E-state index in [0.717, 1.165) is 23.4 Å². The molecule has 0 spiro atoms. The second kappa shape index (κ2) is 7.34. The van der Waals surface area contributed by atoms with Crippen LogP contribution in [0, 0.1) is 0 Å². The van der Waals surface area contributed by atoms with Crippen LogP contribution < -0.4 is 10.6 Å². The van der Waals surface area contributed by atoms with Gasteiger partial charge in [0.25, 0.3) is 0 Å². The summed E-state index contributed by atoms with van der Waals surface area (Å²) in [6.45, 7) is 0.853. The van der Waals surface area contributed by atoms with Crippen molar-refractivity contribution < 1.29 is 13.2 Å². The molecule has 0 aliphatic carbocycles. The number of rotatable bonds is 4. The zero-order valence-corrected chi connectivity index (χ0v) is 14.3. The summed E-state index contributed by atoms with van der Waals surface area (Å²) in [5.41, 5.74) is 0.722. The van der Waals surface area contributed by atoms with Crippen LogP contribution in [0.3, 0.4) is 0 Å². The molecule has 1 saturated heterocycles. The number of hydrogen-bond acceptors (Lipinski definition) is 4. The molecule has 1 fully saturated rings. The first-order valence-electron chi connectivity index (χ1n) is 7.05. The molecule has 2 rings (SSSR count). The monoisotopic (exact) mass is 343 g/mol. The number of urea groups is 1. The summed E-state index contributed by atoms with van der Waals surface area (Å²) in [6.07, 6.45) is 4.70. The molecule has 122 valence electrons. The molecule has 0 bridgehead atoms. The third-order valence-electron chi connectivity index (χ3n) is 3.52. The van der Waals surface area contributed by atoms with Gasteiger partial charge in [0, 0.05) is 29.7 Å². The quantitative estimate of drug-likeness (QED) is 0.819. The SMILES string of the molecule is CSc1cccc(NC(=O)NC2CCCN(S(C)(=O)=O)C2)c1. The Kier molecular flexibility index (Phi) is 5.71. The molecule has 1 atom stereocenters. The van der Waals surface area contributed by atoms with Gasteiger partial charge in [-0.25, -0.2) is 17.5 Å². The number of sulfonamides is 1. The Morgan fingerprint density at radius 2 is 2.18 bits per heavy atom. The first-order chi connectivity index (χ1) is 10.4. The molecule has 1 aromatic carbocycles. The van der Waals surface area contributed by atoms with Crippen molar-refractivity contribution in [3.05, 3.63) is 24.3 Å². The Labute approximate surface area is 135 Å². The van der Waals surface area contributed by atoms with Gasteiger partial charge in [-0.15, -0.1) is 11.8 Å². The van der Waals surface area contributed by atoms with Gasteiger partial charge in [0.15, 0.2) is 0 Å². The van der Waals surface area contributed by atoms with E-state index in [0.29, 0.717) is 13.1 Å². The fourth-order valence-corrected chi connectivity index (χ4v) is 3.79. The van der Waals surface area contributed by atoms with Crippen LogP contribution in [0.4, 0.5) is 10.5 Å². The normalized spacial score (nSPS) is 19.6. The van der Waals surface area contributed by atoms with Crippen molar-refractivity contribution in [2.75, 3.05) is 30.9 Å². The van der Waals surface area contributed by atoms with Gasteiger partial charge in [0.05, 0.1) is 6.26 Å². The van der Waals surface area contributed by atoms with E-state index < -0.39 is 10.0 Å². The summed E-state index contributed by atoms with van der Waals surface area (Å²) in [7, 11) is -3.20. The highest BCUT2D eigenvalue weighted by molar-refractivity contribution is 7.98. The first-order valence-corrected chi connectivity index (χ1v) is 10.1. The minimum absolute atomic E-state index is 0.160. The Morgan fingerprint density at radius 1 is 1.41 bits per heavy atom. The zero-order valence-electron chi connectivity index (χ0n) is 12.7. The lowest BCUT2D eigenvalue weighted by Crippen LogP contribution is -2.50. The van der Waals surface area contributed by atoms with Gasteiger partial charge in [0.2, 0.25) is 10.0 Å². The molecule has 2 amide bonds. The molecule has 1 aromatic rings. The Hall–Kier alpha value is -1.25. The van der Waals surface area contributed by atoms with Crippen LogP contribution in [0.15, 0.2) is 29.2 Å². The molecule has 22 heavy (non-hydrogen) atoms. The lowest BCUT2D eigenvalue weighted by Gasteiger charge is -2.31. The summed E-state index contributed by atoms with van der Waals surface area (Å²) in [4.78, 5) is 13.1. The van der Waals surface area contributed by atoms with Crippen molar-refractivity contribution in [2.24, 2.45) is 0 Å². The summed E-state index contributed by atoms with van der Waals surface area (Å²) in [5, 5.41) is 5.63. The summed E-state index contributed by atoms with van der Waals surface area (Å²) >= 11 is 1.60. The van der Waals surface area contributed by atoms with Gasteiger partial charge in [-0.2, -0.15) is 0 Å². The molecule has 8 heteroatoms. The summed E-state index contributed by atoms with van der Waals surface area (Å²) < 4.78 is 24.6. The number of nitrogens with one attached hydrogen (secondary N) is 2. The number of carbonyl (C=O) groups is 1. The number of piperidine rings is 1. The van der Waals surface area contributed by atoms with Gasteiger partial charge < -0.3 is 10.6 Å². The largest absolute Gasteiger partial charge is 0.334 e. The highest BCUT2D eigenvalue weighted by atomic mass is 32.2. The van der Waals surface area contributed by atoms with Crippen molar-refractivity contribution in [1.29, 1.82) is 0 Å². The second-order valence-corrected chi connectivity index (χ2v) is 8.15. The minimum Gasteiger partial charge on any atom is -0.334 e. The van der Waals surface area contributed by atoms with Crippen LogP contribution in [0.25, 0.3) is 0 Å². The molecule has 1 unspecified atom stereocenters. The molecule has 1 aliphatic rings. The molecule has 1 aliphatic heterocycles. The first kappa shape index (κ1) is 17.1. The lowest BCUT2D eigenvalue weighted by atomic mass is 10.1. The molecular formula is C14H21N3O3S2. The van der Waals surface area contributed by atoms with Crippen molar-refractivity contribution >= 4 is 33.5 Å². The topological polar surface area (TPSA) is 78.5 Å². The molecular weight excluding hydrogens is 322 g/mol. The van der Waals surface area contributed by atoms with Crippen LogP contribution in [0.2, 0.25) is 0 Å². The Balaban J connectivity index is 1.91. The van der Waals surface area contributed by atoms with Crippen molar-refractivity contribution in [2.45, 2.75) is 23.8 Å². The van der Waals surface area contributed by atoms with Gasteiger partial charge in [0.1, 0.15) is 0 Å². The van der Waals surface area contributed by atoms with Crippen LogP contribution >= 0.6 is 11.8 Å². The van der Waals surface area contributed by atoms with E-state index in [4.69, 9.17) is 0 Å².